The Kier molecular flexibility index (Phi) is 3.85. The lowest BCUT2D eigenvalue weighted by Crippen LogP contribution is -2.52. The van der Waals surface area contributed by atoms with E-state index in [1.54, 1.807) is 4.90 Å². The van der Waals surface area contributed by atoms with Crippen LogP contribution in [-0.2, 0) is 10.3 Å². The maximum Gasteiger partial charge on any atom is 0.328 e. The minimum absolute atomic E-state index is 0.0169. The van der Waals surface area contributed by atoms with Crippen LogP contribution in [0.25, 0.3) is 0 Å². The van der Waals surface area contributed by atoms with E-state index in [4.69, 9.17) is 0 Å². The second kappa shape index (κ2) is 5.25. The summed E-state index contributed by atoms with van der Waals surface area (Å²) in [7, 11) is 0. The molecule has 1 atom stereocenters. The van der Waals surface area contributed by atoms with Gasteiger partial charge in [0.05, 0.1) is 0 Å². The predicted octanol–water partition coefficient (Wildman–Crippen LogP) is 2.75. The normalized spacial score (nSPS) is 19.9. The molecular formula is C14H17F2NO2. The highest BCUT2D eigenvalue weighted by Crippen LogP contribution is 2.33. The second-order valence-electron chi connectivity index (χ2n) is 5.05. The van der Waals surface area contributed by atoms with Crippen molar-refractivity contribution in [2.75, 3.05) is 13.1 Å². The van der Waals surface area contributed by atoms with Gasteiger partial charge in [-0.2, -0.15) is 0 Å². The maximum atomic E-state index is 13.9. The molecule has 1 aliphatic heterocycles. The summed E-state index contributed by atoms with van der Waals surface area (Å²) in [6, 6.07) is 3.07. The van der Waals surface area contributed by atoms with Crippen molar-refractivity contribution in [2.24, 2.45) is 0 Å². The number of benzene rings is 1. The fourth-order valence-electron chi connectivity index (χ4n) is 2.65. The van der Waals surface area contributed by atoms with Crippen LogP contribution < -0.4 is 0 Å². The Balaban J connectivity index is 2.46. The summed E-state index contributed by atoms with van der Waals surface area (Å²) in [5.41, 5.74) is -1.43. The Morgan fingerprint density at radius 2 is 1.89 bits per heavy atom. The van der Waals surface area contributed by atoms with Crippen molar-refractivity contribution in [2.45, 2.75) is 31.7 Å². The topological polar surface area (TPSA) is 40.5 Å². The first-order valence-electron chi connectivity index (χ1n) is 6.40. The van der Waals surface area contributed by atoms with E-state index >= 15 is 0 Å². The van der Waals surface area contributed by atoms with Crippen molar-refractivity contribution in [3.8, 4) is 0 Å². The summed E-state index contributed by atoms with van der Waals surface area (Å²) < 4.78 is 26.9. The lowest BCUT2D eigenvalue weighted by molar-refractivity contribution is -0.152. The van der Waals surface area contributed by atoms with Crippen LogP contribution in [0.15, 0.2) is 18.2 Å². The zero-order valence-corrected chi connectivity index (χ0v) is 10.8. The van der Waals surface area contributed by atoms with Gasteiger partial charge in [-0.1, -0.05) is 12.5 Å². The highest BCUT2D eigenvalue weighted by Gasteiger charge is 2.43. The molecular weight excluding hydrogens is 252 g/mol. The van der Waals surface area contributed by atoms with E-state index in [1.165, 1.54) is 13.0 Å². The van der Waals surface area contributed by atoms with Gasteiger partial charge in [0.25, 0.3) is 0 Å². The molecule has 0 aliphatic carbocycles. The Labute approximate surface area is 110 Å². The average molecular weight is 269 g/mol. The summed E-state index contributed by atoms with van der Waals surface area (Å²) in [5.74, 6) is -2.62. The van der Waals surface area contributed by atoms with Gasteiger partial charge in [0, 0.05) is 11.6 Å². The minimum atomic E-state index is -1.45. The van der Waals surface area contributed by atoms with Gasteiger partial charge in [0.1, 0.15) is 17.2 Å². The average Bonchev–Trinajstić information content (AvgIpc) is 2.38. The molecule has 2 rings (SSSR count). The van der Waals surface area contributed by atoms with E-state index in [2.05, 4.69) is 0 Å². The first-order valence-corrected chi connectivity index (χ1v) is 6.40. The summed E-state index contributed by atoms with van der Waals surface area (Å²) >= 11 is 0. The third-order valence-electron chi connectivity index (χ3n) is 3.86. The molecule has 1 saturated heterocycles. The van der Waals surface area contributed by atoms with Gasteiger partial charge < -0.3 is 5.11 Å². The Morgan fingerprint density at radius 1 is 1.26 bits per heavy atom. The van der Waals surface area contributed by atoms with E-state index in [0.717, 1.165) is 31.4 Å². The van der Waals surface area contributed by atoms with E-state index in [-0.39, 0.29) is 5.56 Å². The van der Waals surface area contributed by atoms with Crippen molar-refractivity contribution in [1.82, 2.24) is 4.90 Å². The molecule has 1 aliphatic rings. The molecule has 5 heteroatoms. The largest absolute Gasteiger partial charge is 0.480 e. The van der Waals surface area contributed by atoms with Gasteiger partial charge in [0.2, 0.25) is 0 Å². The number of nitrogens with zero attached hydrogens (tertiary/aromatic N) is 1. The van der Waals surface area contributed by atoms with E-state index < -0.39 is 23.1 Å². The highest BCUT2D eigenvalue weighted by molar-refractivity contribution is 5.80. The monoisotopic (exact) mass is 269 g/mol. The van der Waals surface area contributed by atoms with E-state index in [9.17, 15) is 18.7 Å². The maximum absolute atomic E-state index is 13.9. The molecule has 1 unspecified atom stereocenters. The Morgan fingerprint density at radius 3 is 2.42 bits per heavy atom. The van der Waals surface area contributed by atoms with Crippen LogP contribution in [0.2, 0.25) is 0 Å². The van der Waals surface area contributed by atoms with Crippen molar-refractivity contribution in [3.63, 3.8) is 0 Å². The highest BCUT2D eigenvalue weighted by atomic mass is 19.1. The van der Waals surface area contributed by atoms with Crippen LogP contribution in [0.5, 0.6) is 0 Å². The molecule has 104 valence electrons. The molecule has 0 bridgehead atoms. The predicted molar refractivity (Wildman–Crippen MR) is 66.8 cm³/mol. The fourth-order valence-corrected chi connectivity index (χ4v) is 2.65. The molecule has 0 amide bonds. The van der Waals surface area contributed by atoms with E-state index in [0.29, 0.717) is 13.1 Å². The third kappa shape index (κ3) is 2.47. The molecule has 1 fully saturated rings. The molecule has 0 spiro atoms. The number of carboxylic acid groups (broad SMARTS) is 1. The molecule has 0 saturated carbocycles. The summed E-state index contributed by atoms with van der Waals surface area (Å²) in [6.07, 6.45) is 2.84. The van der Waals surface area contributed by atoms with Crippen LogP contribution >= 0.6 is 0 Å². The number of halogens is 2. The van der Waals surface area contributed by atoms with Crippen LogP contribution in [0.3, 0.4) is 0 Å². The molecule has 0 aromatic heterocycles. The van der Waals surface area contributed by atoms with Gasteiger partial charge >= 0.3 is 5.97 Å². The number of piperidine rings is 1. The van der Waals surface area contributed by atoms with Crippen molar-refractivity contribution < 1.29 is 18.7 Å². The summed E-state index contributed by atoms with van der Waals surface area (Å²) in [6.45, 7) is 2.70. The fraction of sp³-hybridized carbons (Fsp3) is 0.500. The molecule has 19 heavy (non-hydrogen) atoms. The molecule has 1 aromatic carbocycles. The molecule has 1 heterocycles. The van der Waals surface area contributed by atoms with Crippen molar-refractivity contribution >= 4 is 5.97 Å². The van der Waals surface area contributed by atoms with Crippen LogP contribution in [0.4, 0.5) is 8.78 Å². The Bertz CT molecular complexity index is 486. The Hall–Kier alpha value is -1.49. The van der Waals surface area contributed by atoms with Crippen LogP contribution in [-0.4, -0.2) is 29.1 Å². The number of carboxylic acids is 1. The number of carbonyl (C=O) groups is 1. The number of hydrogen-bond donors (Lipinski definition) is 1. The second-order valence-corrected chi connectivity index (χ2v) is 5.05. The zero-order chi connectivity index (χ0) is 14.0. The first kappa shape index (κ1) is 13.9. The smallest absolute Gasteiger partial charge is 0.328 e. The quantitative estimate of drug-likeness (QED) is 0.917. The van der Waals surface area contributed by atoms with Gasteiger partial charge in [0.15, 0.2) is 0 Å². The zero-order valence-electron chi connectivity index (χ0n) is 10.8. The summed E-state index contributed by atoms with van der Waals surface area (Å²) in [4.78, 5) is 13.4. The van der Waals surface area contributed by atoms with Gasteiger partial charge in [-0.3, -0.25) is 4.90 Å². The van der Waals surface area contributed by atoms with Crippen LogP contribution in [0.1, 0.15) is 31.7 Å². The lowest BCUT2D eigenvalue weighted by Gasteiger charge is -2.40. The first-order chi connectivity index (χ1) is 8.96. The third-order valence-corrected chi connectivity index (χ3v) is 3.86. The lowest BCUT2D eigenvalue weighted by atomic mass is 9.87. The molecule has 3 nitrogen and oxygen atoms in total. The van der Waals surface area contributed by atoms with Crippen molar-refractivity contribution in [1.29, 1.82) is 0 Å². The number of likely N-dealkylation sites (tertiary alicyclic amines) is 1. The summed E-state index contributed by atoms with van der Waals surface area (Å²) in [5, 5.41) is 9.53. The van der Waals surface area contributed by atoms with Gasteiger partial charge in [-0.25, -0.2) is 13.6 Å². The standard InChI is InChI=1S/C14H17F2NO2/c1-14(13(18)19,17-7-3-2-4-8-17)11-6-5-10(15)9-12(11)16/h5-6,9H,2-4,7-8H2,1H3,(H,18,19). The van der Waals surface area contributed by atoms with Crippen LogP contribution in [0, 0.1) is 11.6 Å². The van der Waals surface area contributed by atoms with Gasteiger partial charge in [-0.05, 0) is 38.9 Å². The SMILES string of the molecule is CC(C(=O)O)(c1ccc(F)cc1F)N1CCCCC1. The number of hydrogen-bond acceptors (Lipinski definition) is 2. The van der Waals surface area contributed by atoms with Gasteiger partial charge in [-0.15, -0.1) is 0 Å². The van der Waals surface area contributed by atoms with Crippen molar-refractivity contribution in [3.05, 3.63) is 35.4 Å². The number of rotatable bonds is 3. The molecule has 1 aromatic rings. The number of aliphatic carboxylic acids is 1. The molecule has 1 N–H and O–H groups in total. The molecule has 0 radical (unpaired) electrons. The van der Waals surface area contributed by atoms with E-state index in [1.807, 2.05) is 0 Å². The minimum Gasteiger partial charge on any atom is -0.480 e.